The minimum atomic E-state index is -1.84. The van der Waals surface area contributed by atoms with Crippen molar-refractivity contribution in [3.8, 4) is 0 Å². The molecule has 0 unspecified atom stereocenters. The molecule has 72 valence electrons. The molecule has 0 spiro atoms. The van der Waals surface area contributed by atoms with Gasteiger partial charge in [-0.05, 0) is 6.92 Å². The second kappa shape index (κ2) is 3.73. The molecule has 0 aromatic carbocycles. The van der Waals surface area contributed by atoms with Gasteiger partial charge in [-0.1, -0.05) is 46.4 Å². The van der Waals surface area contributed by atoms with Gasteiger partial charge in [0.2, 0.25) is 9.74 Å². The monoisotopic (exact) mass is 262 g/mol. The molecule has 7 heteroatoms. The van der Waals surface area contributed by atoms with E-state index in [1.54, 1.807) is 0 Å². The normalized spacial score (nSPS) is 11.8. The van der Waals surface area contributed by atoms with Crippen molar-refractivity contribution >= 4 is 46.4 Å². The molecule has 1 heterocycles. The van der Waals surface area contributed by atoms with Gasteiger partial charge < -0.3 is 0 Å². The Morgan fingerprint density at radius 1 is 1.23 bits per heavy atom. The summed E-state index contributed by atoms with van der Waals surface area (Å²) in [6, 6.07) is 0. The van der Waals surface area contributed by atoms with Crippen molar-refractivity contribution in [2.75, 3.05) is 0 Å². The van der Waals surface area contributed by atoms with Gasteiger partial charge in [-0.25, -0.2) is 4.98 Å². The number of hydrogen-bond donors (Lipinski definition) is 0. The van der Waals surface area contributed by atoms with Crippen LogP contribution in [0.2, 0.25) is 5.02 Å². The van der Waals surface area contributed by atoms with E-state index in [4.69, 9.17) is 46.4 Å². The molecule has 0 fully saturated rings. The fraction of sp³-hybridized carbons (Fsp3) is 0.333. The summed E-state index contributed by atoms with van der Waals surface area (Å²) in [6.45, 7) is 1.49. The van der Waals surface area contributed by atoms with Crippen LogP contribution in [0.25, 0.3) is 0 Å². The first-order valence-electron chi connectivity index (χ1n) is 3.09. The summed E-state index contributed by atoms with van der Waals surface area (Å²) in [5, 5.41) is -0.169. The molecule has 0 aliphatic carbocycles. The highest BCUT2D eigenvalue weighted by atomic mass is 35.6. The number of aromatic nitrogens is 2. The average Bonchev–Trinajstić information content (AvgIpc) is 1.97. The SMILES string of the molecule is Cc1nc(C(Cl)(Cl)Cl)nc(F)c1Cl. The number of nitrogens with zero attached hydrogens (tertiary/aromatic N) is 2. The van der Waals surface area contributed by atoms with Crippen LogP contribution >= 0.6 is 46.4 Å². The zero-order chi connectivity index (χ0) is 10.2. The molecule has 0 radical (unpaired) electrons. The molecule has 0 atom stereocenters. The summed E-state index contributed by atoms with van der Waals surface area (Å²) in [6.07, 6.45) is 0. The van der Waals surface area contributed by atoms with Crippen LogP contribution in [0.4, 0.5) is 4.39 Å². The van der Waals surface area contributed by atoms with Crippen LogP contribution < -0.4 is 0 Å². The van der Waals surface area contributed by atoms with Gasteiger partial charge in [0.05, 0.1) is 5.69 Å². The highest BCUT2D eigenvalue weighted by molar-refractivity contribution is 6.66. The van der Waals surface area contributed by atoms with E-state index < -0.39 is 9.74 Å². The Labute approximate surface area is 94.0 Å². The van der Waals surface area contributed by atoms with E-state index in [0.717, 1.165) is 0 Å². The molecule has 0 N–H and O–H groups in total. The molecule has 13 heavy (non-hydrogen) atoms. The van der Waals surface area contributed by atoms with Gasteiger partial charge in [-0.3, -0.25) is 0 Å². The topological polar surface area (TPSA) is 25.8 Å². The lowest BCUT2D eigenvalue weighted by Gasteiger charge is -2.10. The third kappa shape index (κ3) is 2.56. The second-order valence-electron chi connectivity index (χ2n) is 2.24. The lowest BCUT2D eigenvalue weighted by Crippen LogP contribution is -2.10. The summed E-state index contributed by atoms with van der Waals surface area (Å²) >= 11 is 21.8. The number of aryl methyl sites for hydroxylation is 1. The fourth-order valence-electron chi connectivity index (χ4n) is 0.651. The van der Waals surface area contributed by atoms with E-state index in [0.29, 0.717) is 0 Å². The van der Waals surface area contributed by atoms with Gasteiger partial charge in [-0.15, -0.1) is 0 Å². The van der Waals surface area contributed by atoms with Crippen LogP contribution in [-0.2, 0) is 3.79 Å². The number of alkyl halides is 3. The maximum atomic E-state index is 12.9. The summed E-state index contributed by atoms with van der Waals surface area (Å²) in [5.41, 5.74) is 0.232. The molecule has 0 amide bonds. The first kappa shape index (κ1) is 11.2. The van der Waals surface area contributed by atoms with E-state index in [1.807, 2.05) is 0 Å². The highest BCUT2D eigenvalue weighted by Gasteiger charge is 2.28. The van der Waals surface area contributed by atoms with E-state index in [1.165, 1.54) is 6.92 Å². The quantitative estimate of drug-likeness (QED) is 0.530. The molecule has 0 saturated heterocycles. The molecule has 1 aromatic rings. The third-order valence-electron chi connectivity index (χ3n) is 1.23. The number of halogens is 5. The minimum absolute atomic E-state index is 0.169. The summed E-state index contributed by atoms with van der Waals surface area (Å²) in [4.78, 5) is 7.03. The molecular weight excluding hydrogens is 261 g/mol. The van der Waals surface area contributed by atoms with Gasteiger partial charge in [-0.2, -0.15) is 9.37 Å². The zero-order valence-electron chi connectivity index (χ0n) is 6.28. The Balaban J connectivity index is 3.29. The Morgan fingerprint density at radius 3 is 2.15 bits per heavy atom. The number of hydrogen-bond acceptors (Lipinski definition) is 2. The van der Waals surface area contributed by atoms with Crippen molar-refractivity contribution in [3.63, 3.8) is 0 Å². The molecule has 1 rings (SSSR count). The lowest BCUT2D eigenvalue weighted by atomic mass is 10.4. The maximum Gasteiger partial charge on any atom is 0.250 e. The van der Waals surface area contributed by atoms with Crippen LogP contribution in [0.5, 0.6) is 0 Å². The second-order valence-corrected chi connectivity index (χ2v) is 4.89. The largest absolute Gasteiger partial charge is 0.250 e. The lowest BCUT2D eigenvalue weighted by molar-refractivity contribution is 0.569. The maximum absolute atomic E-state index is 12.9. The Bertz CT molecular complexity index is 313. The Hall–Kier alpha value is 0.170. The van der Waals surface area contributed by atoms with Crippen molar-refractivity contribution in [1.82, 2.24) is 9.97 Å². The predicted octanol–water partition coefficient (Wildman–Crippen LogP) is 3.40. The van der Waals surface area contributed by atoms with Gasteiger partial charge >= 0.3 is 0 Å². The molecule has 0 bridgehead atoms. The minimum Gasteiger partial charge on any atom is -0.232 e. The molecular formula is C6H3Cl4FN2. The van der Waals surface area contributed by atoms with E-state index in [-0.39, 0.29) is 16.5 Å². The first-order valence-corrected chi connectivity index (χ1v) is 4.60. The molecule has 0 aliphatic rings. The van der Waals surface area contributed by atoms with Crippen LogP contribution in [0, 0.1) is 12.9 Å². The van der Waals surface area contributed by atoms with Gasteiger partial charge in [0, 0.05) is 0 Å². The van der Waals surface area contributed by atoms with Crippen molar-refractivity contribution in [2.24, 2.45) is 0 Å². The molecule has 1 aromatic heterocycles. The van der Waals surface area contributed by atoms with Crippen molar-refractivity contribution in [2.45, 2.75) is 10.7 Å². The Morgan fingerprint density at radius 2 is 1.77 bits per heavy atom. The summed E-state index contributed by atoms with van der Waals surface area (Å²) in [5.74, 6) is -1.12. The summed E-state index contributed by atoms with van der Waals surface area (Å²) in [7, 11) is 0. The standard InChI is InChI=1S/C6H3Cl4FN2/c1-2-3(7)4(11)13-5(12-2)6(8,9)10/h1H3. The first-order chi connectivity index (χ1) is 5.82. The molecule has 0 saturated carbocycles. The summed E-state index contributed by atoms with van der Waals surface area (Å²) < 4.78 is 11.1. The van der Waals surface area contributed by atoms with Crippen LogP contribution in [0.1, 0.15) is 11.5 Å². The predicted molar refractivity (Wildman–Crippen MR) is 51.0 cm³/mol. The van der Waals surface area contributed by atoms with Crippen LogP contribution in [0.3, 0.4) is 0 Å². The van der Waals surface area contributed by atoms with E-state index >= 15 is 0 Å². The zero-order valence-corrected chi connectivity index (χ0v) is 9.31. The van der Waals surface area contributed by atoms with Gasteiger partial charge in [0.1, 0.15) is 5.02 Å². The van der Waals surface area contributed by atoms with E-state index in [9.17, 15) is 4.39 Å². The Kier molecular flexibility index (Phi) is 3.23. The smallest absolute Gasteiger partial charge is 0.232 e. The van der Waals surface area contributed by atoms with Crippen LogP contribution in [-0.4, -0.2) is 9.97 Å². The fourth-order valence-corrected chi connectivity index (χ4v) is 0.989. The van der Waals surface area contributed by atoms with Gasteiger partial charge in [0.25, 0.3) is 0 Å². The average molecular weight is 264 g/mol. The van der Waals surface area contributed by atoms with Crippen molar-refractivity contribution in [1.29, 1.82) is 0 Å². The van der Waals surface area contributed by atoms with Crippen LogP contribution in [0.15, 0.2) is 0 Å². The molecule has 2 nitrogen and oxygen atoms in total. The highest BCUT2D eigenvalue weighted by Crippen LogP contribution is 2.36. The van der Waals surface area contributed by atoms with Crippen molar-refractivity contribution in [3.05, 3.63) is 22.5 Å². The van der Waals surface area contributed by atoms with E-state index in [2.05, 4.69) is 9.97 Å². The number of rotatable bonds is 0. The van der Waals surface area contributed by atoms with Gasteiger partial charge in [0.15, 0.2) is 5.82 Å². The van der Waals surface area contributed by atoms with Crippen molar-refractivity contribution < 1.29 is 4.39 Å². The third-order valence-corrected chi connectivity index (χ3v) is 2.17. The molecule has 0 aliphatic heterocycles.